The Balaban J connectivity index is 1.93. The maximum absolute atomic E-state index is 11.9. The molecule has 1 N–H and O–H groups in total. The van der Waals surface area contributed by atoms with Gasteiger partial charge in [0.15, 0.2) is 0 Å². The minimum absolute atomic E-state index is 0.185. The highest BCUT2D eigenvalue weighted by atomic mass is 32.2. The lowest BCUT2D eigenvalue weighted by Crippen LogP contribution is -2.18. The number of hydrogen-bond donors (Lipinski definition) is 1. The average Bonchev–Trinajstić information content (AvgIpc) is 2.81. The van der Waals surface area contributed by atoms with Gasteiger partial charge in [-0.15, -0.1) is 0 Å². The fraction of sp³-hybridized carbons (Fsp3) is 0.357. The lowest BCUT2D eigenvalue weighted by molar-refractivity contribution is 0.438. The molecular weight excluding hydrogens is 416 g/mol. The molecule has 0 saturated carbocycles. The summed E-state index contributed by atoms with van der Waals surface area (Å²) in [5.41, 5.74) is 3.52. The normalized spacial score (nSPS) is 14.6. The monoisotopic (exact) mass is 450 g/mol. The Bertz CT molecular complexity index is 1020. The SMILES string of the molecule is CCCCC(CC(CC(CS(=O)(=O)O)c1ccccc1)c1ccccc1)c1ccccc1. The molecule has 0 aliphatic rings. The quantitative estimate of drug-likeness (QED) is 0.297. The molecule has 0 heterocycles. The van der Waals surface area contributed by atoms with Crippen LogP contribution < -0.4 is 0 Å². The zero-order chi connectivity index (χ0) is 22.8. The van der Waals surface area contributed by atoms with Gasteiger partial charge in [-0.3, -0.25) is 4.55 Å². The van der Waals surface area contributed by atoms with Crippen LogP contribution in [0.5, 0.6) is 0 Å². The summed E-state index contributed by atoms with van der Waals surface area (Å²) >= 11 is 0. The van der Waals surface area contributed by atoms with Crippen molar-refractivity contribution in [3.8, 4) is 0 Å². The van der Waals surface area contributed by atoms with Crippen molar-refractivity contribution in [3.63, 3.8) is 0 Å². The van der Waals surface area contributed by atoms with Gasteiger partial charge in [-0.1, -0.05) is 111 Å². The van der Waals surface area contributed by atoms with Crippen LogP contribution in [0.3, 0.4) is 0 Å². The van der Waals surface area contributed by atoms with Gasteiger partial charge < -0.3 is 0 Å². The van der Waals surface area contributed by atoms with Crippen molar-refractivity contribution >= 4 is 10.1 Å². The van der Waals surface area contributed by atoms with Gasteiger partial charge in [-0.2, -0.15) is 8.42 Å². The van der Waals surface area contributed by atoms with Gasteiger partial charge in [-0.25, -0.2) is 0 Å². The predicted octanol–water partition coefficient (Wildman–Crippen LogP) is 7.20. The van der Waals surface area contributed by atoms with Crippen LogP contribution in [0.4, 0.5) is 0 Å². The lowest BCUT2D eigenvalue weighted by Gasteiger charge is -2.28. The third-order valence-electron chi connectivity index (χ3n) is 6.27. The standard InChI is InChI=1S/C28H34O3S/c1-2-3-13-26(23-14-7-4-8-15-23)20-27(24-16-9-5-10-17-24)21-28(22-32(29,30)31)25-18-11-6-12-19-25/h4-12,14-19,26-28H,2-3,13,20-22H2,1H3,(H,29,30,31). The van der Waals surface area contributed by atoms with E-state index in [1.54, 1.807) is 0 Å². The zero-order valence-corrected chi connectivity index (χ0v) is 19.6. The van der Waals surface area contributed by atoms with Crippen LogP contribution >= 0.6 is 0 Å². The molecule has 0 aliphatic heterocycles. The summed E-state index contributed by atoms with van der Waals surface area (Å²) in [6, 6.07) is 30.7. The fourth-order valence-electron chi connectivity index (χ4n) is 4.66. The molecular formula is C28H34O3S. The summed E-state index contributed by atoms with van der Waals surface area (Å²) in [5.74, 6) is 0.0680. The molecule has 3 aromatic rings. The molecule has 4 heteroatoms. The molecule has 0 saturated heterocycles. The summed E-state index contributed by atoms with van der Waals surface area (Å²) in [4.78, 5) is 0. The largest absolute Gasteiger partial charge is 0.286 e. The second-order valence-corrected chi connectivity index (χ2v) is 10.2. The first-order valence-corrected chi connectivity index (χ1v) is 13.2. The van der Waals surface area contributed by atoms with Crippen LogP contribution in [0.15, 0.2) is 91.0 Å². The number of rotatable bonds is 12. The van der Waals surface area contributed by atoms with Crippen LogP contribution in [0.1, 0.15) is 73.5 Å². The Morgan fingerprint density at radius 1 is 0.656 bits per heavy atom. The molecule has 0 aromatic heterocycles. The van der Waals surface area contributed by atoms with E-state index >= 15 is 0 Å². The number of benzene rings is 3. The van der Waals surface area contributed by atoms with E-state index in [0.717, 1.165) is 31.2 Å². The van der Waals surface area contributed by atoms with E-state index in [1.807, 2.05) is 54.6 Å². The number of hydrogen-bond acceptors (Lipinski definition) is 2. The van der Waals surface area contributed by atoms with Crippen molar-refractivity contribution in [2.45, 2.75) is 56.8 Å². The number of unbranched alkanes of at least 4 members (excludes halogenated alkanes) is 1. The van der Waals surface area contributed by atoms with E-state index in [4.69, 9.17) is 0 Å². The van der Waals surface area contributed by atoms with Crippen molar-refractivity contribution in [2.24, 2.45) is 0 Å². The molecule has 3 unspecified atom stereocenters. The average molecular weight is 451 g/mol. The van der Waals surface area contributed by atoms with Crippen molar-refractivity contribution in [3.05, 3.63) is 108 Å². The fourth-order valence-corrected chi connectivity index (χ4v) is 5.49. The zero-order valence-electron chi connectivity index (χ0n) is 18.8. The Morgan fingerprint density at radius 3 is 1.50 bits per heavy atom. The molecule has 32 heavy (non-hydrogen) atoms. The van der Waals surface area contributed by atoms with Crippen molar-refractivity contribution in [2.75, 3.05) is 5.75 Å². The summed E-state index contributed by atoms with van der Waals surface area (Å²) < 4.78 is 33.4. The van der Waals surface area contributed by atoms with Gasteiger partial charge in [0.25, 0.3) is 10.1 Å². The lowest BCUT2D eigenvalue weighted by atomic mass is 9.77. The molecule has 3 aromatic carbocycles. The van der Waals surface area contributed by atoms with E-state index in [9.17, 15) is 13.0 Å². The summed E-state index contributed by atoms with van der Waals surface area (Å²) in [6.07, 6.45) is 5.03. The van der Waals surface area contributed by atoms with Crippen LogP contribution in [0, 0.1) is 0 Å². The van der Waals surface area contributed by atoms with Crippen molar-refractivity contribution in [1.82, 2.24) is 0 Å². The molecule has 0 amide bonds. The van der Waals surface area contributed by atoms with Crippen LogP contribution in [0.2, 0.25) is 0 Å². The molecule has 3 rings (SSSR count). The second-order valence-electron chi connectivity index (χ2n) is 8.69. The summed E-state index contributed by atoms with van der Waals surface area (Å²) in [5, 5.41) is 0. The Kier molecular flexibility index (Phi) is 9.07. The molecule has 170 valence electrons. The van der Waals surface area contributed by atoms with E-state index < -0.39 is 10.1 Å². The highest BCUT2D eigenvalue weighted by Gasteiger charge is 2.26. The summed E-state index contributed by atoms with van der Waals surface area (Å²) in [6.45, 7) is 2.22. The van der Waals surface area contributed by atoms with E-state index in [0.29, 0.717) is 12.3 Å². The predicted molar refractivity (Wildman–Crippen MR) is 133 cm³/mol. The molecule has 0 bridgehead atoms. The minimum Gasteiger partial charge on any atom is -0.286 e. The van der Waals surface area contributed by atoms with Gasteiger partial charge in [0.05, 0.1) is 5.75 Å². The van der Waals surface area contributed by atoms with Gasteiger partial charge in [0.1, 0.15) is 0 Å². The maximum atomic E-state index is 11.9. The topological polar surface area (TPSA) is 54.4 Å². The molecule has 0 aliphatic carbocycles. The summed E-state index contributed by atoms with van der Waals surface area (Å²) in [7, 11) is -4.09. The molecule has 0 radical (unpaired) electrons. The van der Waals surface area contributed by atoms with Gasteiger partial charge in [0.2, 0.25) is 0 Å². The molecule has 3 nitrogen and oxygen atoms in total. The van der Waals surface area contributed by atoms with Crippen LogP contribution in [0.25, 0.3) is 0 Å². The Morgan fingerprint density at radius 2 is 1.06 bits per heavy atom. The van der Waals surface area contributed by atoms with Crippen molar-refractivity contribution in [1.29, 1.82) is 0 Å². The highest BCUT2D eigenvalue weighted by molar-refractivity contribution is 7.85. The smallest absolute Gasteiger partial charge is 0.265 e. The first-order chi connectivity index (χ1) is 15.5. The first-order valence-electron chi connectivity index (χ1n) is 11.6. The van der Waals surface area contributed by atoms with E-state index in [2.05, 4.69) is 43.3 Å². The Labute approximate surface area is 193 Å². The molecule has 0 spiro atoms. The van der Waals surface area contributed by atoms with E-state index in [-0.39, 0.29) is 17.6 Å². The first kappa shape index (κ1) is 24.2. The maximum Gasteiger partial charge on any atom is 0.265 e. The Hall–Kier alpha value is -2.43. The molecule has 0 fully saturated rings. The van der Waals surface area contributed by atoms with Gasteiger partial charge >= 0.3 is 0 Å². The third-order valence-corrected chi connectivity index (χ3v) is 7.09. The van der Waals surface area contributed by atoms with Crippen molar-refractivity contribution < 1.29 is 13.0 Å². The van der Waals surface area contributed by atoms with Crippen LogP contribution in [-0.2, 0) is 10.1 Å². The van der Waals surface area contributed by atoms with Crippen LogP contribution in [-0.4, -0.2) is 18.7 Å². The molecule has 3 atom stereocenters. The van der Waals surface area contributed by atoms with Gasteiger partial charge in [-0.05, 0) is 47.8 Å². The second kappa shape index (κ2) is 12.0. The minimum atomic E-state index is -4.09. The van der Waals surface area contributed by atoms with E-state index in [1.165, 1.54) is 11.1 Å². The van der Waals surface area contributed by atoms with Gasteiger partial charge in [0, 0.05) is 5.92 Å². The third kappa shape index (κ3) is 7.61. The highest BCUT2D eigenvalue weighted by Crippen LogP contribution is 2.39.